The molecule has 3 aromatic rings. The number of rotatable bonds is 6. The van der Waals surface area contributed by atoms with E-state index in [2.05, 4.69) is 32.0 Å². The summed E-state index contributed by atoms with van der Waals surface area (Å²) in [6.07, 6.45) is 7.50. The van der Waals surface area contributed by atoms with Crippen molar-refractivity contribution < 1.29 is 9.53 Å². The highest BCUT2D eigenvalue weighted by Crippen LogP contribution is 2.41. The Morgan fingerprint density at radius 1 is 1.03 bits per heavy atom. The van der Waals surface area contributed by atoms with Crippen LogP contribution in [0, 0.1) is 5.92 Å². The average molecular weight is 485 g/mol. The number of amides is 1. The third-order valence-electron chi connectivity index (χ3n) is 6.88. The number of hydrogen-bond donors (Lipinski definition) is 0. The van der Waals surface area contributed by atoms with Gasteiger partial charge in [-0.3, -0.25) is 9.69 Å². The Hall–Kier alpha value is -3.05. The van der Waals surface area contributed by atoms with Crippen LogP contribution in [-0.2, 0) is 4.79 Å². The van der Waals surface area contributed by atoms with Gasteiger partial charge in [0.2, 0.25) is 0 Å². The van der Waals surface area contributed by atoms with Crippen LogP contribution in [0.5, 0.6) is 5.75 Å². The summed E-state index contributed by atoms with van der Waals surface area (Å²) in [7, 11) is 0. The van der Waals surface area contributed by atoms with Crippen molar-refractivity contribution in [1.29, 1.82) is 0 Å². The molecule has 1 saturated carbocycles. The van der Waals surface area contributed by atoms with Crippen molar-refractivity contribution in [2.24, 2.45) is 10.9 Å². The Morgan fingerprint density at radius 3 is 2.60 bits per heavy atom. The molecule has 0 aromatic heterocycles. The molecule has 2 fully saturated rings. The van der Waals surface area contributed by atoms with Crippen LogP contribution in [0.2, 0.25) is 0 Å². The third-order valence-corrected chi connectivity index (χ3v) is 7.87. The third kappa shape index (κ3) is 5.01. The SMILES string of the molecule is CCCOc1ccc2ccccc2c1/C=C1\SC(=Nc2ccccc2)N([C@@H]2CCCC[C@H]2C)C1=O. The minimum absolute atomic E-state index is 0.0535. The van der Waals surface area contributed by atoms with E-state index in [1.54, 1.807) is 0 Å². The Labute approximate surface area is 212 Å². The molecule has 2 aliphatic rings. The molecule has 1 heterocycles. The highest BCUT2D eigenvalue weighted by Gasteiger charge is 2.41. The van der Waals surface area contributed by atoms with Crippen molar-refractivity contribution in [3.05, 3.63) is 77.2 Å². The molecule has 180 valence electrons. The van der Waals surface area contributed by atoms with Gasteiger partial charge in [-0.15, -0.1) is 0 Å². The lowest BCUT2D eigenvalue weighted by molar-refractivity contribution is -0.124. The van der Waals surface area contributed by atoms with Crippen LogP contribution in [0.25, 0.3) is 16.8 Å². The number of carbonyl (C=O) groups is 1. The standard InChI is InChI=1S/C30H32N2O2S/c1-3-19-34-27-18-17-22-12-8-9-15-24(22)25(27)20-28-29(33)32(26-16-10-7-11-21(26)2)30(35-28)31-23-13-5-4-6-14-23/h4-6,8-9,12-15,17-18,20-21,26H,3,7,10-11,16,19H2,1-2H3/b28-20-,31-30?/t21-,26-/m1/s1. The smallest absolute Gasteiger partial charge is 0.267 e. The summed E-state index contributed by atoms with van der Waals surface area (Å²) in [6, 6.07) is 22.5. The van der Waals surface area contributed by atoms with E-state index in [0.717, 1.165) is 58.6 Å². The predicted octanol–water partition coefficient (Wildman–Crippen LogP) is 7.81. The molecule has 1 amide bonds. The molecule has 1 saturated heterocycles. The van der Waals surface area contributed by atoms with E-state index in [-0.39, 0.29) is 11.9 Å². The molecule has 4 nitrogen and oxygen atoms in total. The highest BCUT2D eigenvalue weighted by molar-refractivity contribution is 8.18. The van der Waals surface area contributed by atoms with Gasteiger partial charge in [0, 0.05) is 11.6 Å². The first-order valence-corrected chi connectivity index (χ1v) is 13.5. The predicted molar refractivity (Wildman–Crippen MR) is 147 cm³/mol. The van der Waals surface area contributed by atoms with Crippen molar-refractivity contribution in [3.8, 4) is 5.75 Å². The fraction of sp³-hybridized carbons (Fsp3) is 0.333. The number of para-hydroxylation sites is 1. The Morgan fingerprint density at radius 2 is 1.80 bits per heavy atom. The van der Waals surface area contributed by atoms with Crippen LogP contribution in [-0.4, -0.2) is 28.6 Å². The summed E-state index contributed by atoms with van der Waals surface area (Å²) in [6.45, 7) is 5.01. The fourth-order valence-electron chi connectivity index (χ4n) is 5.04. The number of hydrogen-bond acceptors (Lipinski definition) is 4. The lowest BCUT2D eigenvalue weighted by Gasteiger charge is -2.35. The number of benzene rings is 3. The number of thioether (sulfide) groups is 1. The van der Waals surface area contributed by atoms with E-state index in [0.29, 0.717) is 17.4 Å². The lowest BCUT2D eigenvalue weighted by atomic mass is 9.85. The van der Waals surface area contributed by atoms with Gasteiger partial charge in [0.15, 0.2) is 5.17 Å². The lowest BCUT2D eigenvalue weighted by Crippen LogP contribution is -2.44. The zero-order chi connectivity index (χ0) is 24.2. The Balaban J connectivity index is 1.60. The van der Waals surface area contributed by atoms with E-state index < -0.39 is 0 Å². The first-order valence-electron chi connectivity index (χ1n) is 12.7. The van der Waals surface area contributed by atoms with E-state index in [9.17, 15) is 4.79 Å². The fourth-order valence-corrected chi connectivity index (χ4v) is 6.07. The molecule has 5 rings (SSSR count). The first kappa shape index (κ1) is 23.7. The second kappa shape index (κ2) is 10.7. The summed E-state index contributed by atoms with van der Waals surface area (Å²) in [5.74, 6) is 1.32. The molecule has 0 bridgehead atoms. The maximum atomic E-state index is 13.9. The molecule has 0 unspecified atom stereocenters. The summed E-state index contributed by atoms with van der Waals surface area (Å²) in [4.78, 5) is 21.6. The number of fused-ring (bicyclic) bond motifs is 1. The molecular formula is C30H32N2O2S. The van der Waals surface area contributed by atoms with Crippen molar-refractivity contribution >= 4 is 45.4 Å². The molecular weight excluding hydrogens is 452 g/mol. The van der Waals surface area contributed by atoms with Gasteiger partial charge in [0.05, 0.1) is 17.2 Å². The Kier molecular flexibility index (Phi) is 7.24. The topological polar surface area (TPSA) is 41.9 Å². The van der Waals surface area contributed by atoms with E-state index in [1.165, 1.54) is 18.2 Å². The van der Waals surface area contributed by atoms with Gasteiger partial charge in [0.1, 0.15) is 5.75 Å². The van der Waals surface area contributed by atoms with E-state index in [4.69, 9.17) is 9.73 Å². The second-order valence-corrected chi connectivity index (χ2v) is 10.4. The molecule has 2 atom stereocenters. The van der Waals surface area contributed by atoms with Crippen LogP contribution in [0.4, 0.5) is 5.69 Å². The molecule has 5 heteroatoms. The van der Waals surface area contributed by atoms with Gasteiger partial charge in [-0.2, -0.15) is 0 Å². The largest absolute Gasteiger partial charge is 0.493 e. The highest BCUT2D eigenvalue weighted by atomic mass is 32.2. The molecule has 0 spiro atoms. The molecule has 0 radical (unpaired) electrons. The van der Waals surface area contributed by atoms with Gasteiger partial charge < -0.3 is 4.74 Å². The number of ether oxygens (including phenoxy) is 1. The van der Waals surface area contributed by atoms with Crippen molar-refractivity contribution in [2.75, 3.05) is 6.61 Å². The van der Waals surface area contributed by atoms with Crippen molar-refractivity contribution in [2.45, 2.75) is 52.0 Å². The normalized spacial score (nSPS) is 22.9. The maximum absolute atomic E-state index is 13.9. The zero-order valence-corrected chi connectivity index (χ0v) is 21.3. The van der Waals surface area contributed by atoms with Gasteiger partial charge in [-0.1, -0.05) is 75.2 Å². The van der Waals surface area contributed by atoms with Gasteiger partial charge in [-0.25, -0.2) is 4.99 Å². The first-order chi connectivity index (χ1) is 17.2. The average Bonchev–Trinajstić information content (AvgIpc) is 3.18. The summed E-state index contributed by atoms with van der Waals surface area (Å²) >= 11 is 1.49. The quantitative estimate of drug-likeness (QED) is 0.335. The van der Waals surface area contributed by atoms with E-state index >= 15 is 0 Å². The number of amidine groups is 1. The zero-order valence-electron chi connectivity index (χ0n) is 20.4. The maximum Gasteiger partial charge on any atom is 0.267 e. The summed E-state index contributed by atoms with van der Waals surface area (Å²) < 4.78 is 6.11. The molecule has 0 N–H and O–H groups in total. The number of nitrogens with zero attached hydrogens (tertiary/aromatic N) is 2. The van der Waals surface area contributed by atoms with Crippen molar-refractivity contribution in [1.82, 2.24) is 4.90 Å². The van der Waals surface area contributed by atoms with Crippen LogP contribution < -0.4 is 4.74 Å². The van der Waals surface area contributed by atoms with Gasteiger partial charge in [0.25, 0.3) is 5.91 Å². The van der Waals surface area contributed by atoms with Gasteiger partial charge in [-0.05, 0) is 72.0 Å². The second-order valence-electron chi connectivity index (χ2n) is 9.39. The summed E-state index contributed by atoms with van der Waals surface area (Å²) in [5, 5.41) is 3.00. The summed E-state index contributed by atoms with van der Waals surface area (Å²) in [5.41, 5.74) is 1.83. The van der Waals surface area contributed by atoms with Crippen molar-refractivity contribution in [3.63, 3.8) is 0 Å². The van der Waals surface area contributed by atoms with Gasteiger partial charge >= 0.3 is 0 Å². The molecule has 1 aliphatic carbocycles. The molecule has 35 heavy (non-hydrogen) atoms. The van der Waals surface area contributed by atoms with Crippen LogP contribution in [0.1, 0.15) is 51.5 Å². The van der Waals surface area contributed by atoms with E-state index in [1.807, 2.05) is 59.5 Å². The minimum Gasteiger partial charge on any atom is -0.493 e. The van der Waals surface area contributed by atoms with Crippen LogP contribution in [0.15, 0.2) is 76.6 Å². The minimum atomic E-state index is 0.0535. The van der Waals surface area contributed by atoms with Crippen LogP contribution in [0.3, 0.4) is 0 Å². The molecule has 3 aromatic carbocycles. The van der Waals surface area contributed by atoms with Crippen LogP contribution >= 0.6 is 11.8 Å². The molecule has 1 aliphatic heterocycles. The Bertz CT molecular complexity index is 1270. The monoisotopic (exact) mass is 484 g/mol. The number of aliphatic imine (C=N–C) groups is 1. The number of carbonyl (C=O) groups excluding carboxylic acids is 1.